The van der Waals surface area contributed by atoms with Crippen molar-refractivity contribution < 1.29 is 9.47 Å². The second kappa shape index (κ2) is 8.84. The molecule has 0 bridgehead atoms. The first-order valence-electron chi connectivity index (χ1n) is 9.70. The standard InChI is InChI=1S/C23H25N5O2/c1-27(15-17-6-4-7-19(12-17)28-11-5-10-25-28)16-18-14-24-26-23(18)21-9-8-20(29-2)13-22(21)30-3/h4-14H,15-16H2,1-3H3,(H,24,26). The summed E-state index contributed by atoms with van der Waals surface area (Å²) < 4.78 is 12.7. The van der Waals surface area contributed by atoms with Crippen molar-refractivity contribution in [3.63, 3.8) is 0 Å². The molecule has 7 nitrogen and oxygen atoms in total. The number of methoxy groups -OCH3 is 2. The largest absolute Gasteiger partial charge is 0.497 e. The van der Waals surface area contributed by atoms with Crippen molar-refractivity contribution in [2.24, 2.45) is 0 Å². The van der Waals surface area contributed by atoms with Crippen LogP contribution in [0.15, 0.2) is 67.1 Å². The fourth-order valence-corrected chi connectivity index (χ4v) is 3.55. The fourth-order valence-electron chi connectivity index (χ4n) is 3.55. The van der Waals surface area contributed by atoms with Crippen LogP contribution < -0.4 is 9.47 Å². The van der Waals surface area contributed by atoms with Gasteiger partial charge in [-0.15, -0.1) is 0 Å². The number of aromatic nitrogens is 4. The highest BCUT2D eigenvalue weighted by atomic mass is 16.5. The van der Waals surface area contributed by atoms with Crippen LogP contribution in [0.4, 0.5) is 0 Å². The van der Waals surface area contributed by atoms with Crippen LogP contribution in [0.1, 0.15) is 11.1 Å². The molecule has 154 valence electrons. The predicted molar refractivity (Wildman–Crippen MR) is 116 cm³/mol. The van der Waals surface area contributed by atoms with Crippen molar-refractivity contribution in [3.8, 4) is 28.4 Å². The van der Waals surface area contributed by atoms with Crippen LogP contribution in [0.25, 0.3) is 16.9 Å². The van der Waals surface area contributed by atoms with Gasteiger partial charge in [0.1, 0.15) is 11.5 Å². The number of nitrogens with one attached hydrogen (secondary N) is 1. The number of hydrogen-bond donors (Lipinski definition) is 1. The summed E-state index contributed by atoms with van der Waals surface area (Å²) in [6, 6.07) is 16.1. The normalized spacial score (nSPS) is 11.1. The van der Waals surface area contributed by atoms with Gasteiger partial charge in [-0.3, -0.25) is 10.00 Å². The highest BCUT2D eigenvalue weighted by molar-refractivity contribution is 5.71. The average Bonchev–Trinajstić information content (AvgIpc) is 3.46. The second-order valence-electron chi connectivity index (χ2n) is 7.13. The zero-order chi connectivity index (χ0) is 20.9. The van der Waals surface area contributed by atoms with Gasteiger partial charge in [-0.2, -0.15) is 10.2 Å². The molecule has 0 saturated heterocycles. The molecule has 0 aliphatic carbocycles. The summed E-state index contributed by atoms with van der Waals surface area (Å²) in [5.41, 5.74) is 5.28. The first-order chi connectivity index (χ1) is 14.7. The molecule has 0 unspecified atom stereocenters. The minimum absolute atomic E-state index is 0.743. The number of H-pyrrole nitrogens is 1. The van der Waals surface area contributed by atoms with E-state index in [1.807, 2.05) is 41.3 Å². The molecule has 0 spiro atoms. The van der Waals surface area contributed by atoms with Gasteiger partial charge in [-0.1, -0.05) is 12.1 Å². The lowest BCUT2D eigenvalue weighted by atomic mass is 10.1. The molecule has 30 heavy (non-hydrogen) atoms. The van der Waals surface area contributed by atoms with E-state index in [0.717, 1.165) is 47.1 Å². The van der Waals surface area contributed by atoms with E-state index in [0.29, 0.717) is 0 Å². The summed E-state index contributed by atoms with van der Waals surface area (Å²) in [4.78, 5) is 2.26. The monoisotopic (exact) mass is 403 g/mol. The van der Waals surface area contributed by atoms with Gasteiger partial charge in [0, 0.05) is 42.7 Å². The molecular weight excluding hydrogens is 378 g/mol. The van der Waals surface area contributed by atoms with E-state index in [-0.39, 0.29) is 0 Å². The number of nitrogens with zero attached hydrogens (tertiary/aromatic N) is 4. The molecule has 0 aliphatic heterocycles. The molecule has 4 rings (SSSR count). The molecule has 0 fully saturated rings. The summed E-state index contributed by atoms with van der Waals surface area (Å²) in [5, 5.41) is 11.7. The Balaban J connectivity index is 1.51. The molecule has 0 saturated carbocycles. The Kier molecular flexibility index (Phi) is 5.81. The van der Waals surface area contributed by atoms with Crippen LogP contribution in [0.3, 0.4) is 0 Å². The van der Waals surface area contributed by atoms with E-state index in [1.54, 1.807) is 20.4 Å². The summed E-state index contributed by atoms with van der Waals surface area (Å²) in [5.74, 6) is 1.50. The molecular formula is C23H25N5O2. The van der Waals surface area contributed by atoms with Gasteiger partial charge in [-0.25, -0.2) is 4.68 Å². The smallest absolute Gasteiger partial charge is 0.131 e. The predicted octanol–water partition coefficient (Wildman–Crippen LogP) is 3.91. The topological polar surface area (TPSA) is 68.2 Å². The lowest BCUT2D eigenvalue weighted by molar-refractivity contribution is 0.319. The molecule has 0 amide bonds. The third kappa shape index (κ3) is 4.21. The van der Waals surface area contributed by atoms with Crippen LogP contribution in [-0.2, 0) is 13.1 Å². The molecule has 2 heterocycles. The Morgan fingerprint density at radius 2 is 1.93 bits per heavy atom. The number of rotatable bonds is 8. The van der Waals surface area contributed by atoms with Gasteiger partial charge in [-0.05, 0) is 42.9 Å². The Morgan fingerprint density at radius 3 is 2.70 bits per heavy atom. The quantitative estimate of drug-likeness (QED) is 0.483. The van der Waals surface area contributed by atoms with Crippen molar-refractivity contribution in [1.29, 1.82) is 0 Å². The first kappa shape index (κ1) is 19.7. The Labute approximate surface area is 175 Å². The van der Waals surface area contributed by atoms with E-state index in [4.69, 9.17) is 9.47 Å². The zero-order valence-electron chi connectivity index (χ0n) is 17.4. The van der Waals surface area contributed by atoms with Gasteiger partial charge < -0.3 is 9.47 Å². The van der Waals surface area contributed by atoms with E-state index >= 15 is 0 Å². The number of benzene rings is 2. The maximum atomic E-state index is 5.57. The van der Waals surface area contributed by atoms with Gasteiger partial charge in [0.05, 0.1) is 31.8 Å². The summed E-state index contributed by atoms with van der Waals surface area (Å²) in [6.45, 7) is 1.55. The molecule has 0 atom stereocenters. The molecule has 2 aromatic heterocycles. The minimum atomic E-state index is 0.743. The van der Waals surface area contributed by atoms with Crippen molar-refractivity contribution in [1.82, 2.24) is 24.9 Å². The highest BCUT2D eigenvalue weighted by Crippen LogP contribution is 2.34. The second-order valence-corrected chi connectivity index (χ2v) is 7.13. The van der Waals surface area contributed by atoms with Crippen LogP contribution in [0.5, 0.6) is 11.5 Å². The van der Waals surface area contributed by atoms with Crippen LogP contribution in [0, 0.1) is 0 Å². The number of ether oxygens (including phenoxy) is 2. The summed E-state index contributed by atoms with van der Waals surface area (Å²) in [6.07, 6.45) is 5.60. The lowest BCUT2D eigenvalue weighted by Gasteiger charge is -2.18. The van der Waals surface area contributed by atoms with Crippen LogP contribution in [0.2, 0.25) is 0 Å². The third-order valence-corrected chi connectivity index (χ3v) is 4.97. The van der Waals surface area contributed by atoms with Crippen LogP contribution in [-0.4, -0.2) is 46.1 Å². The Hall–Kier alpha value is -3.58. The van der Waals surface area contributed by atoms with Gasteiger partial charge in [0.25, 0.3) is 0 Å². The Bertz CT molecular complexity index is 1100. The van der Waals surface area contributed by atoms with E-state index in [1.165, 1.54) is 5.56 Å². The van der Waals surface area contributed by atoms with E-state index in [2.05, 4.69) is 51.5 Å². The van der Waals surface area contributed by atoms with Crippen molar-refractivity contribution >= 4 is 0 Å². The fraction of sp³-hybridized carbons (Fsp3) is 0.217. The SMILES string of the molecule is COc1ccc(-c2[nH]ncc2CN(C)Cc2cccc(-n3cccn3)c2)c(OC)c1. The molecule has 7 heteroatoms. The molecule has 0 radical (unpaired) electrons. The number of aromatic amines is 1. The van der Waals surface area contributed by atoms with E-state index < -0.39 is 0 Å². The Morgan fingerprint density at radius 1 is 1.03 bits per heavy atom. The molecule has 0 aliphatic rings. The summed E-state index contributed by atoms with van der Waals surface area (Å²) >= 11 is 0. The van der Waals surface area contributed by atoms with Crippen LogP contribution >= 0.6 is 0 Å². The first-order valence-corrected chi connectivity index (χ1v) is 9.70. The van der Waals surface area contributed by atoms with Crippen molar-refractivity contribution in [2.45, 2.75) is 13.1 Å². The van der Waals surface area contributed by atoms with Gasteiger partial charge in [0.2, 0.25) is 0 Å². The molecule has 2 aromatic carbocycles. The van der Waals surface area contributed by atoms with Crippen molar-refractivity contribution in [2.75, 3.05) is 21.3 Å². The zero-order valence-corrected chi connectivity index (χ0v) is 17.4. The minimum Gasteiger partial charge on any atom is -0.497 e. The molecule has 1 N–H and O–H groups in total. The average molecular weight is 403 g/mol. The van der Waals surface area contributed by atoms with Crippen molar-refractivity contribution in [3.05, 3.63) is 78.2 Å². The highest BCUT2D eigenvalue weighted by Gasteiger charge is 2.15. The lowest BCUT2D eigenvalue weighted by Crippen LogP contribution is -2.17. The maximum Gasteiger partial charge on any atom is 0.131 e. The van der Waals surface area contributed by atoms with E-state index in [9.17, 15) is 0 Å². The number of hydrogen-bond acceptors (Lipinski definition) is 5. The maximum absolute atomic E-state index is 5.57. The van der Waals surface area contributed by atoms with Gasteiger partial charge >= 0.3 is 0 Å². The third-order valence-electron chi connectivity index (χ3n) is 4.97. The molecule has 4 aromatic rings. The van der Waals surface area contributed by atoms with Gasteiger partial charge in [0.15, 0.2) is 0 Å². The summed E-state index contributed by atoms with van der Waals surface area (Å²) in [7, 11) is 5.40.